The highest BCUT2D eigenvalue weighted by Crippen LogP contribution is 2.27. The lowest BCUT2D eigenvalue weighted by molar-refractivity contribution is 0.402. The zero-order valence-electron chi connectivity index (χ0n) is 17.2. The van der Waals surface area contributed by atoms with E-state index in [1.54, 1.807) is 0 Å². The molecule has 0 amide bonds. The lowest BCUT2D eigenvalue weighted by atomic mass is 10.1. The van der Waals surface area contributed by atoms with Gasteiger partial charge in [-0.25, -0.2) is 15.0 Å². The van der Waals surface area contributed by atoms with Crippen LogP contribution in [0.3, 0.4) is 0 Å². The smallest absolute Gasteiger partial charge is 0.166 e. The average Bonchev–Trinajstić information content (AvgIpc) is 3.02. The number of nitrogen functional groups attached to an aromatic ring is 1. The molecule has 7 nitrogen and oxygen atoms in total. The Morgan fingerprint density at radius 1 is 0.966 bits per heavy atom. The predicted octanol–water partition coefficient (Wildman–Crippen LogP) is 3.20. The van der Waals surface area contributed by atoms with Crippen molar-refractivity contribution in [2.45, 2.75) is 26.9 Å². The van der Waals surface area contributed by atoms with Crippen LogP contribution in [0.25, 0.3) is 22.6 Å². The van der Waals surface area contributed by atoms with Crippen molar-refractivity contribution in [3.8, 4) is 11.4 Å². The van der Waals surface area contributed by atoms with Crippen molar-refractivity contribution in [1.29, 1.82) is 0 Å². The fraction of sp³-hybridized carbons (Fsp3) is 0.273. The summed E-state index contributed by atoms with van der Waals surface area (Å²) in [6, 6.07) is 10.7. The first-order valence-electron chi connectivity index (χ1n) is 9.55. The number of imidazole rings is 1. The molecule has 2 N–H and O–H groups in total. The van der Waals surface area contributed by atoms with Gasteiger partial charge >= 0.3 is 0 Å². The van der Waals surface area contributed by atoms with Crippen LogP contribution in [0.4, 0.5) is 5.82 Å². The van der Waals surface area contributed by atoms with Crippen LogP contribution in [0.15, 0.2) is 42.7 Å². The van der Waals surface area contributed by atoms with Gasteiger partial charge in [-0.3, -0.25) is 4.98 Å². The number of nitrogens with zero attached hydrogens (tertiary/aromatic N) is 6. The highest BCUT2D eigenvalue weighted by Gasteiger charge is 2.18. The highest BCUT2D eigenvalue weighted by molar-refractivity contribution is 5.85. The van der Waals surface area contributed by atoms with Crippen molar-refractivity contribution in [3.05, 3.63) is 65.2 Å². The molecule has 0 atom stereocenters. The second kappa shape index (κ2) is 7.60. The fourth-order valence-electron chi connectivity index (χ4n) is 3.48. The summed E-state index contributed by atoms with van der Waals surface area (Å²) in [7, 11) is 4.14. The summed E-state index contributed by atoms with van der Waals surface area (Å²) >= 11 is 0. The second-order valence-electron chi connectivity index (χ2n) is 7.66. The Labute approximate surface area is 170 Å². The maximum absolute atomic E-state index is 6.16. The number of hydrogen-bond acceptors (Lipinski definition) is 6. The van der Waals surface area contributed by atoms with E-state index in [2.05, 4.69) is 68.8 Å². The molecule has 148 valence electrons. The summed E-state index contributed by atoms with van der Waals surface area (Å²) < 4.78 is 2.10. The van der Waals surface area contributed by atoms with E-state index in [-0.39, 0.29) is 0 Å². The van der Waals surface area contributed by atoms with Gasteiger partial charge in [-0.15, -0.1) is 0 Å². The van der Waals surface area contributed by atoms with Crippen molar-refractivity contribution in [2.75, 3.05) is 19.8 Å². The van der Waals surface area contributed by atoms with E-state index in [1.807, 2.05) is 26.2 Å². The molecule has 3 heterocycles. The topological polar surface area (TPSA) is 85.7 Å². The number of fused-ring (bicyclic) bond motifs is 1. The van der Waals surface area contributed by atoms with Gasteiger partial charge in [0, 0.05) is 24.5 Å². The van der Waals surface area contributed by atoms with Crippen molar-refractivity contribution in [3.63, 3.8) is 0 Å². The van der Waals surface area contributed by atoms with Crippen LogP contribution in [0.1, 0.15) is 22.5 Å². The first-order valence-corrected chi connectivity index (χ1v) is 9.55. The van der Waals surface area contributed by atoms with Crippen LogP contribution < -0.4 is 5.73 Å². The van der Waals surface area contributed by atoms with E-state index in [4.69, 9.17) is 10.7 Å². The van der Waals surface area contributed by atoms with E-state index in [9.17, 15) is 0 Å². The maximum Gasteiger partial charge on any atom is 0.166 e. The van der Waals surface area contributed by atoms with Crippen LogP contribution in [-0.2, 0) is 13.1 Å². The van der Waals surface area contributed by atoms with Crippen LogP contribution in [0, 0.1) is 13.8 Å². The summed E-state index contributed by atoms with van der Waals surface area (Å²) in [5.41, 5.74) is 12.0. The molecule has 7 heteroatoms. The summed E-state index contributed by atoms with van der Waals surface area (Å²) in [4.78, 5) is 20.2. The number of aromatic nitrogens is 5. The molecule has 0 bridgehead atoms. The van der Waals surface area contributed by atoms with Gasteiger partial charge in [0.1, 0.15) is 11.6 Å². The molecule has 0 aliphatic rings. The SMILES string of the molecule is Cc1cncc(-c2nc3c(N)nc(C)nc3n2Cc2ccc(CN(C)C)cc2)c1. The molecule has 0 saturated carbocycles. The van der Waals surface area contributed by atoms with E-state index in [0.29, 0.717) is 23.7 Å². The molecular formula is C22H25N7. The van der Waals surface area contributed by atoms with Crippen LogP contribution >= 0.6 is 0 Å². The first-order chi connectivity index (χ1) is 13.9. The fourth-order valence-corrected chi connectivity index (χ4v) is 3.48. The number of rotatable bonds is 5. The standard InChI is InChI=1S/C22H25N7/c1-14-9-18(11-24-10-14)21-27-19-20(23)25-15(2)26-22(19)29(21)13-17-7-5-16(6-8-17)12-28(3)4/h5-11H,12-13H2,1-4H3,(H2,23,25,26). The highest BCUT2D eigenvalue weighted by atomic mass is 15.2. The lowest BCUT2D eigenvalue weighted by Crippen LogP contribution is -2.10. The summed E-state index contributed by atoms with van der Waals surface area (Å²) in [5.74, 6) is 1.82. The summed E-state index contributed by atoms with van der Waals surface area (Å²) in [6.07, 6.45) is 3.65. The lowest BCUT2D eigenvalue weighted by Gasteiger charge is -2.12. The Hall–Kier alpha value is -3.32. The van der Waals surface area contributed by atoms with Gasteiger partial charge in [-0.05, 0) is 50.7 Å². The number of pyridine rings is 1. The monoisotopic (exact) mass is 387 g/mol. The Bertz CT molecular complexity index is 1160. The second-order valence-corrected chi connectivity index (χ2v) is 7.66. The third-order valence-electron chi connectivity index (χ3n) is 4.73. The van der Waals surface area contributed by atoms with Crippen molar-refractivity contribution < 1.29 is 0 Å². The van der Waals surface area contributed by atoms with Gasteiger partial charge in [0.2, 0.25) is 0 Å². The largest absolute Gasteiger partial charge is 0.382 e. The normalized spacial score (nSPS) is 11.5. The Morgan fingerprint density at radius 3 is 2.38 bits per heavy atom. The Kier molecular flexibility index (Phi) is 4.98. The number of nitrogens with two attached hydrogens (primary N) is 1. The minimum absolute atomic E-state index is 0.398. The molecule has 4 rings (SSSR count). The third kappa shape index (κ3) is 3.95. The zero-order valence-corrected chi connectivity index (χ0v) is 17.2. The van der Waals surface area contributed by atoms with Gasteiger partial charge in [-0.1, -0.05) is 24.3 Å². The zero-order chi connectivity index (χ0) is 20.5. The third-order valence-corrected chi connectivity index (χ3v) is 4.73. The molecule has 0 unspecified atom stereocenters. The Balaban J connectivity index is 1.82. The van der Waals surface area contributed by atoms with E-state index >= 15 is 0 Å². The molecule has 0 radical (unpaired) electrons. The predicted molar refractivity (Wildman–Crippen MR) is 115 cm³/mol. The van der Waals surface area contributed by atoms with Gasteiger partial charge in [0.25, 0.3) is 0 Å². The van der Waals surface area contributed by atoms with E-state index < -0.39 is 0 Å². The molecule has 0 saturated heterocycles. The molecular weight excluding hydrogens is 362 g/mol. The molecule has 0 fully saturated rings. The van der Waals surface area contributed by atoms with Crippen LogP contribution in [0.2, 0.25) is 0 Å². The van der Waals surface area contributed by atoms with E-state index in [1.165, 1.54) is 11.1 Å². The number of aryl methyl sites for hydroxylation is 2. The van der Waals surface area contributed by atoms with Crippen molar-refractivity contribution in [2.24, 2.45) is 0 Å². The summed E-state index contributed by atoms with van der Waals surface area (Å²) in [5, 5.41) is 0. The molecule has 0 aliphatic heterocycles. The van der Waals surface area contributed by atoms with Crippen molar-refractivity contribution in [1.82, 2.24) is 29.4 Å². The minimum Gasteiger partial charge on any atom is -0.382 e. The quantitative estimate of drug-likeness (QED) is 0.566. The average molecular weight is 387 g/mol. The molecule has 1 aromatic carbocycles. The summed E-state index contributed by atoms with van der Waals surface area (Å²) in [6.45, 7) is 5.41. The molecule has 0 spiro atoms. The van der Waals surface area contributed by atoms with E-state index in [0.717, 1.165) is 29.1 Å². The number of hydrogen-bond donors (Lipinski definition) is 1. The van der Waals surface area contributed by atoms with Gasteiger partial charge in [0.15, 0.2) is 17.0 Å². The maximum atomic E-state index is 6.16. The molecule has 4 aromatic rings. The van der Waals surface area contributed by atoms with Gasteiger partial charge in [0.05, 0.1) is 6.54 Å². The number of benzene rings is 1. The van der Waals surface area contributed by atoms with Gasteiger partial charge in [-0.2, -0.15) is 0 Å². The number of anilines is 1. The van der Waals surface area contributed by atoms with Crippen LogP contribution in [0.5, 0.6) is 0 Å². The molecule has 29 heavy (non-hydrogen) atoms. The van der Waals surface area contributed by atoms with Crippen LogP contribution in [-0.4, -0.2) is 43.5 Å². The van der Waals surface area contributed by atoms with Gasteiger partial charge < -0.3 is 15.2 Å². The Morgan fingerprint density at radius 2 is 1.69 bits per heavy atom. The minimum atomic E-state index is 0.398. The van der Waals surface area contributed by atoms with Crippen molar-refractivity contribution >= 4 is 17.0 Å². The first kappa shape index (κ1) is 19.0. The molecule has 0 aliphatic carbocycles. The molecule has 3 aromatic heterocycles.